The summed E-state index contributed by atoms with van der Waals surface area (Å²) in [4.78, 5) is 18.1. The average Bonchev–Trinajstić information content (AvgIpc) is 3.71. The number of nitrogens with one attached hydrogen (secondary N) is 1. The summed E-state index contributed by atoms with van der Waals surface area (Å²) < 4.78 is 44.3. The lowest BCUT2D eigenvalue weighted by molar-refractivity contribution is -0.137. The Hall–Kier alpha value is -3.95. The van der Waals surface area contributed by atoms with Crippen molar-refractivity contribution < 1.29 is 22.7 Å². The number of hydrogen-bond acceptors (Lipinski definition) is 5. The molecule has 0 atom stereocenters. The summed E-state index contributed by atoms with van der Waals surface area (Å²) in [5.74, 6) is 1.53. The van der Waals surface area contributed by atoms with E-state index >= 15 is 0 Å². The van der Waals surface area contributed by atoms with Gasteiger partial charge in [0.2, 0.25) is 5.88 Å². The van der Waals surface area contributed by atoms with E-state index in [4.69, 9.17) is 4.74 Å². The van der Waals surface area contributed by atoms with Gasteiger partial charge in [-0.15, -0.1) is 5.10 Å². The number of nitrogens with zero attached hydrogens (tertiary/aromatic N) is 4. The maximum absolute atomic E-state index is 12.8. The first-order valence-corrected chi connectivity index (χ1v) is 11.7. The number of pyridine rings is 1. The van der Waals surface area contributed by atoms with E-state index in [-0.39, 0.29) is 11.9 Å². The Morgan fingerprint density at radius 1 is 1.11 bits per heavy atom. The molecule has 1 aliphatic carbocycles. The first-order valence-electron chi connectivity index (χ1n) is 11.7. The summed E-state index contributed by atoms with van der Waals surface area (Å²) in [6.45, 7) is 1.16. The van der Waals surface area contributed by atoms with Crippen LogP contribution in [0.4, 0.5) is 23.8 Å². The number of likely N-dealkylation sites (tertiary alicyclic amines) is 1. The normalized spacial score (nSPS) is 16.0. The molecular weight excluding hydrogens is 471 g/mol. The molecule has 3 heterocycles. The zero-order valence-electron chi connectivity index (χ0n) is 19.3. The van der Waals surface area contributed by atoms with E-state index in [2.05, 4.69) is 32.6 Å². The number of urea groups is 1. The molecule has 0 unspecified atom stereocenters. The summed E-state index contributed by atoms with van der Waals surface area (Å²) in [5, 5.41) is 10.4. The van der Waals surface area contributed by atoms with Crippen molar-refractivity contribution in [1.82, 2.24) is 20.1 Å². The number of hydrogen-bond donors (Lipinski definition) is 1. The quantitative estimate of drug-likeness (QED) is 0.451. The zero-order valence-corrected chi connectivity index (χ0v) is 19.3. The lowest BCUT2D eigenvalue weighted by Crippen LogP contribution is -2.39. The molecule has 1 saturated carbocycles. The number of anilines is 1. The molecule has 2 fully saturated rings. The highest BCUT2D eigenvalue weighted by Gasteiger charge is 2.31. The molecular formula is C26H24F3N5O2. The van der Waals surface area contributed by atoms with Gasteiger partial charge in [0.05, 0.1) is 5.56 Å². The third-order valence-electron chi connectivity index (χ3n) is 6.16. The van der Waals surface area contributed by atoms with Crippen molar-refractivity contribution in [1.29, 1.82) is 0 Å². The molecule has 0 bridgehead atoms. The molecule has 1 N–H and O–H groups in total. The molecule has 1 saturated heterocycles. The van der Waals surface area contributed by atoms with Gasteiger partial charge in [-0.3, -0.25) is 5.32 Å². The second-order valence-corrected chi connectivity index (χ2v) is 8.92. The van der Waals surface area contributed by atoms with Crippen LogP contribution in [-0.4, -0.2) is 39.2 Å². The number of carbonyl (C=O) groups excluding carboxylic acids is 1. The molecule has 7 nitrogen and oxygen atoms in total. The Morgan fingerprint density at radius 2 is 1.92 bits per heavy atom. The minimum atomic E-state index is -4.44. The van der Waals surface area contributed by atoms with Crippen LogP contribution in [0.5, 0.6) is 11.6 Å². The maximum atomic E-state index is 12.8. The van der Waals surface area contributed by atoms with Gasteiger partial charge in [0.25, 0.3) is 0 Å². The highest BCUT2D eigenvalue weighted by atomic mass is 19.4. The van der Waals surface area contributed by atoms with Crippen molar-refractivity contribution in [3.8, 4) is 11.6 Å². The van der Waals surface area contributed by atoms with Gasteiger partial charge in [0.15, 0.2) is 5.82 Å². The van der Waals surface area contributed by atoms with Crippen molar-refractivity contribution in [3.05, 3.63) is 77.1 Å². The highest BCUT2D eigenvalue weighted by Crippen LogP contribution is 2.42. The zero-order chi connectivity index (χ0) is 25.1. The molecule has 3 aromatic rings. The molecule has 1 aromatic carbocycles. The number of benzene rings is 1. The fraction of sp³-hybridized carbons (Fsp3) is 0.308. The van der Waals surface area contributed by atoms with Gasteiger partial charge in [-0.1, -0.05) is 17.7 Å². The fourth-order valence-electron chi connectivity index (χ4n) is 4.10. The first kappa shape index (κ1) is 23.8. The van der Waals surface area contributed by atoms with Crippen LogP contribution in [0.15, 0.2) is 60.4 Å². The van der Waals surface area contributed by atoms with Gasteiger partial charge in [-0.25, -0.2) is 9.78 Å². The number of alkyl halides is 3. The lowest BCUT2D eigenvalue weighted by atomic mass is 9.99. The third-order valence-corrected chi connectivity index (χ3v) is 6.16. The van der Waals surface area contributed by atoms with Crippen LogP contribution < -0.4 is 10.1 Å². The van der Waals surface area contributed by atoms with E-state index in [1.807, 2.05) is 12.1 Å². The molecule has 36 heavy (non-hydrogen) atoms. The van der Waals surface area contributed by atoms with Gasteiger partial charge in [0.1, 0.15) is 5.75 Å². The molecule has 5 rings (SSSR count). The van der Waals surface area contributed by atoms with Gasteiger partial charge in [-0.05, 0) is 73.1 Å². The number of piperidine rings is 1. The van der Waals surface area contributed by atoms with Crippen LogP contribution in [0.25, 0.3) is 6.08 Å². The van der Waals surface area contributed by atoms with Gasteiger partial charge < -0.3 is 9.64 Å². The first-order chi connectivity index (χ1) is 17.3. The minimum Gasteiger partial charge on any atom is -0.439 e. The topological polar surface area (TPSA) is 80.2 Å². The van der Waals surface area contributed by atoms with E-state index in [0.29, 0.717) is 30.6 Å². The Morgan fingerprint density at radius 3 is 2.56 bits per heavy atom. The van der Waals surface area contributed by atoms with E-state index in [9.17, 15) is 18.0 Å². The predicted molar refractivity (Wildman–Crippen MR) is 128 cm³/mol. The van der Waals surface area contributed by atoms with Crippen LogP contribution in [0.1, 0.15) is 48.3 Å². The third kappa shape index (κ3) is 5.99. The van der Waals surface area contributed by atoms with Gasteiger partial charge in [-0.2, -0.15) is 18.3 Å². The number of aromatic nitrogens is 3. The summed E-state index contributed by atoms with van der Waals surface area (Å²) in [6.07, 6.45) is 3.66. The molecule has 0 radical (unpaired) electrons. The van der Waals surface area contributed by atoms with E-state index in [0.717, 1.165) is 49.1 Å². The molecule has 1 aliphatic heterocycles. The SMILES string of the molecule is O=C(Nc1cccnn1)N1CCC(=Cc2cc(Oc3ccc(C(F)(F)F)cn3)cc(C3CC3)c2)CC1. The van der Waals surface area contributed by atoms with E-state index in [1.165, 1.54) is 11.6 Å². The van der Waals surface area contributed by atoms with Crippen molar-refractivity contribution in [2.45, 2.75) is 37.8 Å². The van der Waals surface area contributed by atoms with E-state index < -0.39 is 11.7 Å². The highest BCUT2D eigenvalue weighted by molar-refractivity contribution is 5.88. The van der Waals surface area contributed by atoms with Crippen LogP contribution in [0.2, 0.25) is 0 Å². The van der Waals surface area contributed by atoms with Crippen molar-refractivity contribution in [2.75, 3.05) is 18.4 Å². The molecule has 186 valence electrons. The van der Waals surface area contributed by atoms with Crippen molar-refractivity contribution in [2.24, 2.45) is 0 Å². The monoisotopic (exact) mass is 495 g/mol. The van der Waals surface area contributed by atoms with Crippen molar-refractivity contribution >= 4 is 17.9 Å². The largest absolute Gasteiger partial charge is 0.439 e. The average molecular weight is 496 g/mol. The number of amides is 2. The Bertz CT molecular complexity index is 1250. The maximum Gasteiger partial charge on any atom is 0.417 e. The molecule has 2 amide bonds. The molecule has 0 spiro atoms. The van der Waals surface area contributed by atoms with Crippen molar-refractivity contribution in [3.63, 3.8) is 0 Å². The Kier molecular flexibility index (Phi) is 6.58. The smallest absolute Gasteiger partial charge is 0.417 e. The van der Waals surface area contributed by atoms with Crippen LogP contribution in [-0.2, 0) is 6.18 Å². The number of carbonyl (C=O) groups is 1. The summed E-state index contributed by atoms with van der Waals surface area (Å²) >= 11 is 0. The van der Waals surface area contributed by atoms with E-state index in [1.54, 1.807) is 23.2 Å². The summed E-state index contributed by atoms with van der Waals surface area (Å²) in [7, 11) is 0. The lowest BCUT2D eigenvalue weighted by Gasteiger charge is -2.28. The molecule has 2 aromatic heterocycles. The second-order valence-electron chi connectivity index (χ2n) is 8.92. The number of halogens is 3. The predicted octanol–water partition coefficient (Wildman–Crippen LogP) is 6.27. The summed E-state index contributed by atoms with van der Waals surface area (Å²) in [5.41, 5.74) is 2.51. The second kappa shape index (κ2) is 9.96. The number of ether oxygens (including phenoxy) is 1. The fourth-order valence-corrected chi connectivity index (χ4v) is 4.10. The van der Waals surface area contributed by atoms with Crippen LogP contribution in [0, 0.1) is 0 Å². The Labute approximate surface area is 206 Å². The molecule has 10 heteroatoms. The standard InChI is InChI=1S/C26H24F3N5O2/c27-26(28,29)21-5-6-24(30-16-21)36-22-14-18(13-20(15-22)19-3-4-19)12-17-7-10-34(11-8-17)25(35)32-23-2-1-9-31-33-23/h1-2,5-6,9,12-16,19H,3-4,7-8,10-11H2,(H,32,33,35). The number of rotatable bonds is 5. The minimum absolute atomic E-state index is 0.108. The van der Waals surface area contributed by atoms with Gasteiger partial charge >= 0.3 is 12.2 Å². The van der Waals surface area contributed by atoms with Crippen LogP contribution in [0.3, 0.4) is 0 Å². The van der Waals surface area contributed by atoms with Gasteiger partial charge in [0, 0.05) is 31.5 Å². The van der Waals surface area contributed by atoms with Crippen LogP contribution >= 0.6 is 0 Å². The molecule has 2 aliphatic rings. The Balaban J connectivity index is 1.26. The summed E-state index contributed by atoms with van der Waals surface area (Å²) in [6, 6.07) is 11.3.